The Hall–Kier alpha value is -3.39. The maximum Gasteiger partial charge on any atom is 0.251 e. The summed E-state index contributed by atoms with van der Waals surface area (Å²) < 4.78 is 5.86. The van der Waals surface area contributed by atoms with E-state index in [1.807, 2.05) is 18.2 Å². The van der Waals surface area contributed by atoms with Crippen LogP contribution < -0.4 is 20.3 Å². The van der Waals surface area contributed by atoms with Gasteiger partial charge in [-0.3, -0.25) is 4.79 Å². The van der Waals surface area contributed by atoms with E-state index < -0.39 is 0 Å². The van der Waals surface area contributed by atoms with E-state index in [4.69, 9.17) is 16.3 Å². The van der Waals surface area contributed by atoms with Gasteiger partial charge in [0, 0.05) is 29.9 Å². The van der Waals surface area contributed by atoms with Gasteiger partial charge in [-0.25, -0.2) is 9.97 Å². The maximum atomic E-state index is 11.8. The molecule has 0 aliphatic carbocycles. The predicted molar refractivity (Wildman–Crippen MR) is 116 cm³/mol. The molecular formula is C21H21ClN6O2. The Labute approximate surface area is 179 Å². The summed E-state index contributed by atoms with van der Waals surface area (Å²) in [6, 6.07) is 14.6. The standard InChI is InChI=1S/C21H21ClN6O2/c1-23-19(29)14-3-2-4-16(11-14)26-20-24-13-25-21(27-20)28-10-9-17(28)12-30-18-7-5-15(22)6-8-18/h2-8,11,13,17H,9-10,12H2,1H3,(H,23,29)(H,24,25,26,27). The Morgan fingerprint density at radius 3 is 2.80 bits per heavy atom. The molecule has 1 aliphatic heterocycles. The molecule has 2 N–H and O–H groups in total. The highest BCUT2D eigenvalue weighted by molar-refractivity contribution is 6.30. The quantitative estimate of drug-likeness (QED) is 0.601. The molecular weight excluding hydrogens is 404 g/mol. The minimum Gasteiger partial charge on any atom is -0.491 e. The summed E-state index contributed by atoms with van der Waals surface area (Å²) in [5.74, 6) is 1.63. The van der Waals surface area contributed by atoms with Crippen molar-refractivity contribution in [3.63, 3.8) is 0 Å². The molecule has 0 bridgehead atoms. The first-order valence-electron chi connectivity index (χ1n) is 9.55. The third-order valence-electron chi connectivity index (χ3n) is 4.82. The van der Waals surface area contributed by atoms with Crippen LogP contribution in [0.5, 0.6) is 5.75 Å². The molecule has 0 saturated carbocycles. The van der Waals surface area contributed by atoms with Crippen LogP contribution in [0.2, 0.25) is 5.02 Å². The third kappa shape index (κ3) is 4.60. The second-order valence-corrected chi connectivity index (χ2v) is 7.23. The van der Waals surface area contributed by atoms with Crippen LogP contribution in [0.4, 0.5) is 17.6 Å². The molecule has 1 fully saturated rings. The summed E-state index contributed by atoms with van der Waals surface area (Å²) >= 11 is 5.91. The SMILES string of the molecule is CNC(=O)c1cccc(Nc2ncnc(N3CCC3COc3ccc(Cl)cc3)n2)c1. The van der Waals surface area contributed by atoms with Crippen LogP contribution in [0.1, 0.15) is 16.8 Å². The minimum absolute atomic E-state index is 0.154. The lowest BCUT2D eigenvalue weighted by Crippen LogP contribution is -2.52. The van der Waals surface area contributed by atoms with Gasteiger partial charge in [0.1, 0.15) is 18.7 Å². The Morgan fingerprint density at radius 1 is 1.23 bits per heavy atom. The van der Waals surface area contributed by atoms with Crippen LogP contribution >= 0.6 is 11.6 Å². The van der Waals surface area contributed by atoms with Crippen LogP contribution in [0.25, 0.3) is 0 Å². The molecule has 0 radical (unpaired) electrons. The lowest BCUT2D eigenvalue weighted by molar-refractivity contribution is 0.0963. The molecule has 1 amide bonds. The van der Waals surface area contributed by atoms with Crippen molar-refractivity contribution in [2.24, 2.45) is 0 Å². The highest BCUT2D eigenvalue weighted by Crippen LogP contribution is 2.25. The van der Waals surface area contributed by atoms with Crippen molar-refractivity contribution in [1.82, 2.24) is 20.3 Å². The maximum absolute atomic E-state index is 11.8. The van der Waals surface area contributed by atoms with Gasteiger partial charge in [0.15, 0.2) is 0 Å². The number of anilines is 3. The van der Waals surface area contributed by atoms with Crippen molar-refractivity contribution in [3.05, 3.63) is 65.4 Å². The van der Waals surface area contributed by atoms with Gasteiger partial charge in [-0.1, -0.05) is 17.7 Å². The Bertz CT molecular complexity index is 1030. The van der Waals surface area contributed by atoms with Gasteiger partial charge < -0.3 is 20.3 Å². The zero-order chi connectivity index (χ0) is 20.9. The third-order valence-corrected chi connectivity index (χ3v) is 5.08. The van der Waals surface area contributed by atoms with Crippen molar-refractivity contribution < 1.29 is 9.53 Å². The van der Waals surface area contributed by atoms with Crippen LogP contribution in [-0.2, 0) is 0 Å². The van der Waals surface area contributed by atoms with Crippen molar-refractivity contribution in [1.29, 1.82) is 0 Å². The van der Waals surface area contributed by atoms with Gasteiger partial charge in [0.2, 0.25) is 11.9 Å². The zero-order valence-electron chi connectivity index (χ0n) is 16.4. The van der Waals surface area contributed by atoms with Crippen LogP contribution in [0.3, 0.4) is 0 Å². The highest BCUT2D eigenvalue weighted by atomic mass is 35.5. The summed E-state index contributed by atoms with van der Waals surface area (Å²) in [5.41, 5.74) is 1.28. The number of benzene rings is 2. The molecule has 1 aromatic heterocycles. The molecule has 1 saturated heterocycles. The minimum atomic E-state index is -0.154. The molecule has 3 aromatic rings. The highest BCUT2D eigenvalue weighted by Gasteiger charge is 2.31. The van der Waals surface area contributed by atoms with E-state index in [0.717, 1.165) is 24.4 Å². The fraction of sp³-hybridized carbons (Fsp3) is 0.238. The summed E-state index contributed by atoms with van der Waals surface area (Å²) in [7, 11) is 1.60. The van der Waals surface area contributed by atoms with E-state index in [0.29, 0.717) is 29.1 Å². The number of hydrogen-bond acceptors (Lipinski definition) is 7. The molecule has 1 aliphatic rings. The fourth-order valence-electron chi connectivity index (χ4n) is 3.10. The molecule has 8 nitrogen and oxygen atoms in total. The molecule has 154 valence electrons. The monoisotopic (exact) mass is 424 g/mol. The van der Waals surface area contributed by atoms with Crippen molar-refractivity contribution in [3.8, 4) is 5.75 Å². The van der Waals surface area contributed by atoms with E-state index >= 15 is 0 Å². The van der Waals surface area contributed by atoms with E-state index in [2.05, 4.69) is 30.5 Å². The number of nitrogens with zero attached hydrogens (tertiary/aromatic N) is 4. The second-order valence-electron chi connectivity index (χ2n) is 6.79. The van der Waals surface area contributed by atoms with E-state index in [9.17, 15) is 4.79 Å². The molecule has 4 rings (SSSR count). The second kappa shape index (κ2) is 8.96. The summed E-state index contributed by atoms with van der Waals surface area (Å²) in [5, 5.41) is 6.42. The molecule has 30 heavy (non-hydrogen) atoms. The lowest BCUT2D eigenvalue weighted by Gasteiger charge is -2.40. The number of halogens is 1. The average Bonchev–Trinajstić information content (AvgIpc) is 2.74. The van der Waals surface area contributed by atoms with E-state index in [1.54, 1.807) is 37.4 Å². The first-order valence-corrected chi connectivity index (χ1v) is 9.93. The smallest absolute Gasteiger partial charge is 0.251 e. The largest absolute Gasteiger partial charge is 0.491 e. The summed E-state index contributed by atoms with van der Waals surface area (Å²) in [4.78, 5) is 26.9. The zero-order valence-corrected chi connectivity index (χ0v) is 17.1. The Balaban J connectivity index is 1.40. The van der Waals surface area contributed by atoms with Gasteiger partial charge in [0.05, 0.1) is 6.04 Å². The van der Waals surface area contributed by atoms with Gasteiger partial charge in [-0.05, 0) is 48.9 Å². The molecule has 9 heteroatoms. The number of carbonyl (C=O) groups is 1. The van der Waals surface area contributed by atoms with Gasteiger partial charge in [-0.2, -0.15) is 4.98 Å². The topological polar surface area (TPSA) is 92.3 Å². The average molecular weight is 425 g/mol. The molecule has 1 unspecified atom stereocenters. The molecule has 0 spiro atoms. The van der Waals surface area contributed by atoms with Crippen LogP contribution in [0, 0.1) is 0 Å². The number of ether oxygens (including phenoxy) is 1. The van der Waals surface area contributed by atoms with Crippen molar-refractivity contribution in [2.45, 2.75) is 12.5 Å². The fourth-order valence-corrected chi connectivity index (χ4v) is 3.22. The number of amides is 1. The summed E-state index contributed by atoms with van der Waals surface area (Å²) in [6.45, 7) is 1.38. The number of rotatable bonds is 7. The first kappa shape index (κ1) is 19.9. The van der Waals surface area contributed by atoms with Gasteiger partial charge >= 0.3 is 0 Å². The van der Waals surface area contributed by atoms with Crippen molar-refractivity contribution in [2.75, 3.05) is 30.4 Å². The number of aromatic nitrogens is 3. The van der Waals surface area contributed by atoms with Crippen LogP contribution in [-0.4, -0.2) is 47.1 Å². The van der Waals surface area contributed by atoms with E-state index in [1.165, 1.54) is 6.33 Å². The molecule has 1 atom stereocenters. The molecule has 2 heterocycles. The first-order chi connectivity index (χ1) is 14.6. The van der Waals surface area contributed by atoms with Gasteiger partial charge in [-0.15, -0.1) is 0 Å². The number of nitrogens with one attached hydrogen (secondary N) is 2. The normalized spacial score (nSPS) is 15.3. The van der Waals surface area contributed by atoms with Crippen molar-refractivity contribution >= 4 is 35.1 Å². The number of hydrogen-bond donors (Lipinski definition) is 2. The predicted octanol–water partition coefficient (Wildman–Crippen LogP) is 3.29. The molecule has 2 aromatic carbocycles. The number of carbonyl (C=O) groups excluding carboxylic acids is 1. The lowest BCUT2D eigenvalue weighted by atomic mass is 10.1. The summed E-state index contributed by atoms with van der Waals surface area (Å²) in [6.07, 6.45) is 2.47. The Morgan fingerprint density at radius 2 is 2.07 bits per heavy atom. The van der Waals surface area contributed by atoms with E-state index in [-0.39, 0.29) is 11.9 Å². The van der Waals surface area contributed by atoms with Crippen LogP contribution in [0.15, 0.2) is 54.9 Å². The van der Waals surface area contributed by atoms with Gasteiger partial charge in [0.25, 0.3) is 5.91 Å². The Kier molecular flexibility index (Phi) is 5.94.